The predicted octanol–water partition coefficient (Wildman–Crippen LogP) is 3.76. The van der Waals surface area contributed by atoms with Crippen molar-refractivity contribution in [3.8, 4) is 5.69 Å². The number of benzene rings is 2. The number of nitrogens with zero attached hydrogens (tertiary/aromatic N) is 3. The van der Waals surface area contributed by atoms with Crippen LogP contribution in [0.15, 0.2) is 54.7 Å². The van der Waals surface area contributed by atoms with E-state index < -0.39 is 0 Å². The second-order valence-corrected chi connectivity index (χ2v) is 6.06. The maximum atomic E-state index is 6.11. The summed E-state index contributed by atoms with van der Waals surface area (Å²) in [5, 5.41) is 1.08. The lowest BCUT2D eigenvalue weighted by Crippen LogP contribution is -2.00. The second-order valence-electron chi connectivity index (χ2n) is 4.82. The number of fused-ring (bicyclic) bond motifs is 2. The number of aromatic nitrogens is 3. The van der Waals surface area contributed by atoms with Crippen LogP contribution in [0.1, 0.15) is 0 Å². The molecule has 0 fully saturated rings. The molecule has 0 bridgehead atoms. The third-order valence-corrected chi connectivity index (χ3v) is 4.16. The zero-order valence-electron chi connectivity index (χ0n) is 11.0. The minimum Gasteiger partial charge on any atom is -0.369 e. The monoisotopic (exact) mass is 386 g/mol. The SMILES string of the molecule is Nc1nc2cc(I)ccc2n1-c1ccc2ncccc2c1. The van der Waals surface area contributed by atoms with Crippen molar-refractivity contribution in [1.29, 1.82) is 0 Å². The van der Waals surface area contributed by atoms with Gasteiger partial charge in [0.05, 0.1) is 16.6 Å². The topological polar surface area (TPSA) is 56.7 Å². The standard InChI is InChI=1S/C16H11IN4/c17-11-3-6-15-14(9-11)20-16(18)21(15)12-4-5-13-10(8-12)2-1-7-19-13/h1-9H,(H2,18,20). The molecule has 4 aromatic rings. The third-order valence-electron chi connectivity index (χ3n) is 3.49. The van der Waals surface area contributed by atoms with Crippen LogP contribution in [0.2, 0.25) is 0 Å². The van der Waals surface area contributed by atoms with E-state index in [4.69, 9.17) is 5.73 Å². The molecule has 0 saturated heterocycles. The number of hydrogen-bond donors (Lipinski definition) is 1. The molecule has 4 nitrogen and oxygen atoms in total. The average Bonchev–Trinajstić information content (AvgIpc) is 2.81. The Hall–Kier alpha value is -2.15. The van der Waals surface area contributed by atoms with Gasteiger partial charge in [0, 0.05) is 20.8 Å². The molecule has 0 unspecified atom stereocenters. The average molecular weight is 386 g/mol. The van der Waals surface area contributed by atoms with Gasteiger partial charge < -0.3 is 5.73 Å². The van der Waals surface area contributed by atoms with Gasteiger partial charge in [0.2, 0.25) is 5.95 Å². The van der Waals surface area contributed by atoms with Gasteiger partial charge in [-0.05, 0) is 65.1 Å². The molecular weight excluding hydrogens is 375 g/mol. The van der Waals surface area contributed by atoms with Crippen LogP contribution in [-0.4, -0.2) is 14.5 Å². The molecule has 0 amide bonds. The van der Waals surface area contributed by atoms with E-state index in [-0.39, 0.29) is 0 Å². The molecule has 5 heteroatoms. The molecule has 0 aliphatic carbocycles. The highest BCUT2D eigenvalue weighted by molar-refractivity contribution is 14.1. The minimum absolute atomic E-state index is 0.496. The first-order chi connectivity index (χ1) is 10.2. The van der Waals surface area contributed by atoms with Crippen molar-refractivity contribution in [2.24, 2.45) is 0 Å². The first-order valence-electron chi connectivity index (χ1n) is 6.51. The summed E-state index contributed by atoms with van der Waals surface area (Å²) in [6.45, 7) is 0. The summed E-state index contributed by atoms with van der Waals surface area (Å²) in [7, 11) is 0. The first-order valence-corrected chi connectivity index (χ1v) is 7.59. The van der Waals surface area contributed by atoms with Crippen LogP contribution in [-0.2, 0) is 0 Å². The lowest BCUT2D eigenvalue weighted by molar-refractivity contribution is 1.11. The molecule has 2 N–H and O–H groups in total. The molecule has 0 aliphatic heterocycles. The zero-order chi connectivity index (χ0) is 14.4. The highest BCUT2D eigenvalue weighted by atomic mass is 127. The van der Waals surface area contributed by atoms with Crippen LogP contribution in [0, 0.1) is 3.57 Å². The number of imidazole rings is 1. The van der Waals surface area contributed by atoms with Crippen molar-refractivity contribution < 1.29 is 0 Å². The van der Waals surface area contributed by atoms with E-state index in [0.29, 0.717) is 5.95 Å². The summed E-state index contributed by atoms with van der Waals surface area (Å²) in [6.07, 6.45) is 1.80. The molecule has 4 rings (SSSR count). The van der Waals surface area contributed by atoms with E-state index >= 15 is 0 Å². The summed E-state index contributed by atoms with van der Waals surface area (Å²) in [5.41, 5.74) is 10.00. The Labute approximate surface area is 134 Å². The molecule has 21 heavy (non-hydrogen) atoms. The van der Waals surface area contributed by atoms with Gasteiger partial charge in [-0.15, -0.1) is 0 Å². The van der Waals surface area contributed by atoms with Crippen LogP contribution in [0.25, 0.3) is 27.6 Å². The second kappa shape index (κ2) is 4.70. The summed E-state index contributed by atoms with van der Waals surface area (Å²) >= 11 is 2.28. The zero-order valence-corrected chi connectivity index (χ0v) is 13.2. The van der Waals surface area contributed by atoms with Gasteiger partial charge in [-0.3, -0.25) is 9.55 Å². The molecule has 2 aromatic heterocycles. The Morgan fingerprint density at radius 2 is 1.90 bits per heavy atom. The van der Waals surface area contributed by atoms with Crippen LogP contribution in [0.3, 0.4) is 0 Å². The van der Waals surface area contributed by atoms with Crippen LogP contribution < -0.4 is 5.73 Å². The van der Waals surface area contributed by atoms with Gasteiger partial charge in [0.15, 0.2) is 0 Å². The van der Waals surface area contributed by atoms with Crippen molar-refractivity contribution in [3.63, 3.8) is 0 Å². The number of nitrogen functional groups attached to an aromatic ring is 1. The largest absolute Gasteiger partial charge is 0.369 e. The van der Waals surface area contributed by atoms with Gasteiger partial charge in [0.1, 0.15) is 0 Å². The first kappa shape index (κ1) is 12.6. The predicted molar refractivity (Wildman–Crippen MR) is 93.5 cm³/mol. The number of halogens is 1. The number of pyridine rings is 1. The molecule has 102 valence electrons. The highest BCUT2D eigenvalue weighted by Gasteiger charge is 2.10. The lowest BCUT2D eigenvalue weighted by atomic mass is 10.2. The van der Waals surface area contributed by atoms with Crippen molar-refractivity contribution in [2.45, 2.75) is 0 Å². The van der Waals surface area contributed by atoms with Crippen LogP contribution >= 0.6 is 22.6 Å². The van der Waals surface area contributed by atoms with Gasteiger partial charge in [-0.2, -0.15) is 0 Å². The number of hydrogen-bond acceptors (Lipinski definition) is 3. The summed E-state index contributed by atoms with van der Waals surface area (Å²) in [6, 6.07) is 16.2. The van der Waals surface area contributed by atoms with Gasteiger partial charge in [0.25, 0.3) is 0 Å². The molecule has 0 radical (unpaired) electrons. The Morgan fingerprint density at radius 3 is 2.81 bits per heavy atom. The fourth-order valence-electron chi connectivity index (χ4n) is 2.55. The van der Waals surface area contributed by atoms with E-state index in [1.807, 2.05) is 41.0 Å². The van der Waals surface area contributed by atoms with Crippen molar-refractivity contribution in [1.82, 2.24) is 14.5 Å². The van der Waals surface area contributed by atoms with Gasteiger partial charge in [-0.25, -0.2) is 4.98 Å². The van der Waals surface area contributed by atoms with E-state index in [1.165, 1.54) is 0 Å². The number of rotatable bonds is 1. The van der Waals surface area contributed by atoms with Crippen LogP contribution in [0.4, 0.5) is 5.95 Å². The van der Waals surface area contributed by atoms with E-state index in [1.54, 1.807) is 6.20 Å². The summed E-state index contributed by atoms with van der Waals surface area (Å²) in [4.78, 5) is 8.79. The summed E-state index contributed by atoms with van der Waals surface area (Å²) < 4.78 is 3.12. The summed E-state index contributed by atoms with van der Waals surface area (Å²) in [5.74, 6) is 0.496. The van der Waals surface area contributed by atoms with Gasteiger partial charge >= 0.3 is 0 Å². The van der Waals surface area contributed by atoms with E-state index in [9.17, 15) is 0 Å². The molecular formula is C16H11IN4. The fraction of sp³-hybridized carbons (Fsp3) is 0. The Bertz CT molecular complexity index is 975. The van der Waals surface area contributed by atoms with Crippen molar-refractivity contribution in [2.75, 3.05) is 5.73 Å². The Kier molecular flexibility index (Phi) is 2.81. The maximum Gasteiger partial charge on any atom is 0.205 e. The Morgan fingerprint density at radius 1 is 1.00 bits per heavy atom. The number of nitrogens with two attached hydrogens (primary N) is 1. The molecule has 0 saturated carbocycles. The maximum absolute atomic E-state index is 6.11. The quantitative estimate of drug-likeness (QED) is 0.507. The lowest BCUT2D eigenvalue weighted by Gasteiger charge is -2.07. The molecule has 2 aromatic carbocycles. The Balaban J connectivity index is 2.01. The molecule has 0 spiro atoms. The smallest absolute Gasteiger partial charge is 0.205 e. The molecule has 2 heterocycles. The minimum atomic E-state index is 0.496. The molecule has 0 aliphatic rings. The van der Waals surface area contributed by atoms with Gasteiger partial charge in [-0.1, -0.05) is 6.07 Å². The van der Waals surface area contributed by atoms with Crippen LogP contribution in [0.5, 0.6) is 0 Å². The molecule has 0 atom stereocenters. The number of anilines is 1. The van der Waals surface area contributed by atoms with E-state index in [2.05, 4.69) is 44.7 Å². The normalized spacial score (nSPS) is 11.3. The third kappa shape index (κ3) is 2.04. The highest BCUT2D eigenvalue weighted by Crippen LogP contribution is 2.26. The van der Waals surface area contributed by atoms with Crippen molar-refractivity contribution >= 4 is 50.5 Å². The van der Waals surface area contributed by atoms with Crippen molar-refractivity contribution in [3.05, 3.63) is 58.3 Å². The fourth-order valence-corrected chi connectivity index (χ4v) is 3.02. The van der Waals surface area contributed by atoms with E-state index in [0.717, 1.165) is 31.2 Å².